The molecule has 8 nitrogen and oxygen atoms in total. The van der Waals surface area contributed by atoms with Gasteiger partial charge in [-0.15, -0.1) is 0 Å². The summed E-state index contributed by atoms with van der Waals surface area (Å²) in [7, 11) is 1.64. The molecular weight excluding hydrogens is 358 g/mol. The molecule has 0 saturated carbocycles. The number of hydrogen-bond donors (Lipinski definition) is 0. The zero-order valence-corrected chi connectivity index (χ0v) is 16.3. The lowest BCUT2D eigenvalue weighted by Gasteiger charge is -2.34. The molecule has 2 saturated heterocycles. The summed E-state index contributed by atoms with van der Waals surface area (Å²) in [4.78, 5) is 23.4. The van der Waals surface area contributed by atoms with Gasteiger partial charge >= 0.3 is 0 Å². The molecule has 0 N–H and O–H groups in total. The molecule has 0 atom stereocenters. The van der Waals surface area contributed by atoms with Gasteiger partial charge in [0.15, 0.2) is 5.82 Å². The van der Waals surface area contributed by atoms with E-state index >= 15 is 0 Å². The lowest BCUT2D eigenvalue weighted by Crippen LogP contribution is -2.49. The van der Waals surface area contributed by atoms with Crippen LogP contribution in [-0.2, 0) is 11.3 Å². The fourth-order valence-corrected chi connectivity index (χ4v) is 3.73. The Balaban J connectivity index is 1.25. The standard InChI is InChI=1S/C20H27N5O3/c1-27-17-6-4-16(5-7-17)20-21-18(22-28-20)14-23-10-12-24(13-11-23)15-19(26)25-8-2-3-9-25/h4-7H,2-3,8-15H2,1H3. The molecule has 0 bridgehead atoms. The molecule has 0 aliphatic carbocycles. The normalized spacial score (nSPS) is 18.5. The number of nitrogens with zero attached hydrogens (tertiary/aromatic N) is 5. The summed E-state index contributed by atoms with van der Waals surface area (Å²) in [5, 5.41) is 4.12. The summed E-state index contributed by atoms with van der Waals surface area (Å²) in [6, 6.07) is 7.57. The van der Waals surface area contributed by atoms with E-state index in [0.29, 0.717) is 24.8 Å². The molecule has 2 aliphatic rings. The third kappa shape index (κ3) is 4.51. The molecule has 4 rings (SSSR count). The van der Waals surface area contributed by atoms with Gasteiger partial charge in [0.05, 0.1) is 20.2 Å². The number of ether oxygens (including phenoxy) is 1. The van der Waals surface area contributed by atoms with Crippen molar-refractivity contribution in [3.63, 3.8) is 0 Å². The number of carbonyl (C=O) groups excluding carboxylic acids is 1. The number of benzene rings is 1. The molecule has 28 heavy (non-hydrogen) atoms. The highest BCUT2D eigenvalue weighted by Crippen LogP contribution is 2.21. The van der Waals surface area contributed by atoms with E-state index in [4.69, 9.17) is 9.26 Å². The molecule has 1 amide bonds. The minimum Gasteiger partial charge on any atom is -0.497 e. The van der Waals surface area contributed by atoms with Crippen molar-refractivity contribution < 1.29 is 14.1 Å². The van der Waals surface area contributed by atoms with Crippen molar-refractivity contribution in [3.8, 4) is 17.2 Å². The first-order valence-corrected chi connectivity index (χ1v) is 9.91. The Kier molecular flexibility index (Phi) is 5.87. The van der Waals surface area contributed by atoms with Gasteiger partial charge in [-0.2, -0.15) is 4.98 Å². The molecule has 0 radical (unpaired) electrons. The highest BCUT2D eigenvalue weighted by atomic mass is 16.5. The topological polar surface area (TPSA) is 74.9 Å². The number of hydrogen-bond acceptors (Lipinski definition) is 7. The van der Waals surface area contributed by atoms with E-state index in [2.05, 4.69) is 19.9 Å². The summed E-state index contributed by atoms with van der Waals surface area (Å²) < 4.78 is 10.6. The average molecular weight is 385 g/mol. The first-order valence-electron chi connectivity index (χ1n) is 9.91. The van der Waals surface area contributed by atoms with E-state index < -0.39 is 0 Å². The van der Waals surface area contributed by atoms with Crippen molar-refractivity contribution in [2.45, 2.75) is 19.4 Å². The second kappa shape index (κ2) is 8.70. The van der Waals surface area contributed by atoms with E-state index in [0.717, 1.165) is 63.4 Å². The van der Waals surface area contributed by atoms with Gasteiger partial charge in [-0.1, -0.05) is 5.16 Å². The lowest BCUT2D eigenvalue weighted by molar-refractivity contribution is -0.131. The fourth-order valence-electron chi connectivity index (χ4n) is 3.73. The zero-order valence-electron chi connectivity index (χ0n) is 16.3. The van der Waals surface area contributed by atoms with Gasteiger partial charge < -0.3 is 14.2 Å². The van der Waals surface area contributed by atoms with Crippen LogP contribution in [0.5, 0.6) is 5.75 Å². The van der Waals surface area contributed by atoms with Gasteiger partial charge in [0, 0.05) is 44.8 Å². The molecule has 2 fully saturated rings. The summed E-state index contributed by atoms with van der Waals surface area (Å²) in [5.74, 6) is 2.28. The Morgan fingerprint density at radius 1 is 1.04 bits per heavy atom. The fraction of sp³-hybridized carbons (Fsp3) is 0.550. The number of piperazine rings is 1. The van der Waals surface area contributed by atoms with Crippen molar-refractivity contribution in [2.24, 2.45) is 0 Å². The number of amides is 1. The Morgan fingerprint density at radius 2 is 1.71 bits per heavy atom. The first-order chi connectivity index (χ1) is 13.7. The summed E-state index contributed by atoms with van der Waals surface area (Å²) in [6.45, 7) is 6.64. The van der Waals surface area contributed by atoms with E-state index in [1.165, 1.54) is 0 Å². The van der Waals surface area contributed by atoms with Gasteiger partial charge in [0.2, 0.25) is 5.91 Å². The maximum absolute atomic E-state index is 12.3. The Bertz CT molecular complexity index is 777. The van der Waals surface area contributed by atoms with Crippen LogP contribution in [0.3, 0.4) is 0 Å². The molecule has 1 aromatic carbocycles. The number of methoxy groups -OCH3 is 1. The van der Waals surface area contributed by atoms with E-state index in [9.17, 15) is 4.79 Å². The molecule has 0 spiro atoms. The SMILES string of the molecule is COc1ccc(-c2nc(CN3CCN(CC(=O)N4CCCC4)CC3)no2)cc1. The Hall–Kier alpha value is -2.45. The van der Waals surface area contributed by atoms with Gasteiger partial charge in [-0.25, -0.2) is 0 Å². The maximum atomic E-state index is 12.3. The lowest BCUT2D eigenvalue weighted by atomic mass is 10.2. The summed E-state index contributed by atoms with van der Waals surface area (Å²) in [6.07, 6.45) is 2.28. The predicted octanol–water partition coefficient (Wildman–Crippen LogP) is 1.49. The highest BCUT2D eigenvalue weighted by Gasteiger charge is 2.24. The third-order valence-corrected chi connectivity index (χ3v) is 5.45. The summed E-state index contributed by atoms with van der Waals surface area (Å²) >= 11 is 0. The van der Waals surface area contributed by atoms with Crippen LogP contribution in [0.1, 0.15) is 18.7 Å². The molecule has 150 valence electrons. The van der Waals surface area contributed by atoms with Crippen molar-refractivity contribution in [2.75, 3.05) is 52.9 Å². The van der Waals surface area contributed by atoms with Crippen LogP contribution >= 0.6 is 0 Å². The van der Waals surface area contributed by atoms with Crippen LogP contribution in [0, 0.1) is 0 Å². The van der Waals surface area contributed by atoms with Crippen molar-refractivity contribution in [1.82, 2.24) is 24.8 Å². The Labute approximate surface area is 165 Å². The monoisotopic (exact) mass is 385 g/mol. The molecule has 3 heterocycles. The van der Waals surface area contributed by atoms with E-state index in [-0.39, 0.29) is 5.91 Å². The number of aromatic nitrogens is 2. The van der Waals surface area contributed by atoms with Gasteiger partial charge in [-0.3, -0.25) is 14.6 Å². The molecule has 2 aliphatic heterocycles. The van der Waals surface area contributed by atoms with Crippen molar-refractivity contribution in [3.05, 3.63) is 30.1 Å². The van der Waals surface area contributed by atoms with Gasteiger partial charge in [0.25, 0.3) is 5.89 Å². The van der Waals surface area contributed by atoms with Crippen LogP contribution in [0.4, 0.5) is 0 Å². The van der Waals surface area contributed by atoms with E-state index in [1.807, 2.05) is 29.2 Å². The number of rotatable bonds is 6. The van der Waals surface area contributed by atoms with Gasteiger partial charge in [0.1, 0.15) is 5.75 Å². The second-order valence-electron chi connectivity index (χ2n) is 7.38. The minimum absolute atomic E-state index is 0.272. The maximum Gasteiger partial charge on any atom is 0.257 e. The second-order valence-corrected chi connectivity index (χ2v) is 7.38. The average Bonchev–Trinajstić information content (AvgIpc) is 3.42. The minimum atomic E-state index is 0.272. The third-order valence-electron chi connectivity index (χ3n) is 5.45. The highest BCUT2D eigenvalue weighted by molar-refractivity contribution is 5.78. The van der Waals surface area contributed by atoms with Crippen LogP contribution in [0.15, 0.2) is 28.8 Å². The quantitative estimate of drug-likeness (QED) is 0.746. The van der Waals surface area contributed by atoms with Crippen molar-refractivity contribution >= 4 is 5.91 Å². The smallest absolute Gasteiger partial charge is 0.257 e. The zero-order chi connectivity index (χ0) is 19.3. The Morgan fingerprint density at radius 3 is 2.39 bits per heavy atom. The first kappa shape index (κ1) is 18.9. The van der Waals surface area contributed by atoms with Crippen LogP contribution in [-0.4, -0.2) is 83.7 Å². The van der Waals surface area contributed by atoms with Crippen LogP contribution in [0.2, 0.25) is 0 Å². The molecule has 0 unspecified atom stereocenters. The molecular formula is C20H27N5O3. The van der Waals surface area contributed by atoms with Gasteiger partial charge in [-0.05, 0) is 37.1 Å². The van der Waals surface area contributed by atoms with Crippen molar-refractivity contribution in [1.29, 1.82) is 0 Å². The number of likely N-dealkylation sites (tertiary alicyclic amines) is 1. The summed E-state index contributed by atoms with van der Waals surface area (Å²) in [5.41, 5.74) is 0.879. The van der Waals surface area contributed by atoms with Crippen LogP contribution < -0.4 is 4.74 Å². The largest absolute Gasteiger partial charge is 0.497 e. The molecule has 2 aromatic rings. The predicted molar refractivity (Wildman–Crippen MR) is 104 cm³/mol. The number of carbonyl (C=O) groups is 1. The van der Waals surface area contributed by atoms with Crippen LogP contribution in [0.25, 0.3) is 11.5 Å². The molecule has 8 heteroatoms. The molecule has 1 aromatic heterocycles. The van der Waals surface area contributed by atoms with E-state index in [1.54, 1.807) is 7.11 Å².